The van der Waals surface area contributed by atoms with Crippen molar-refractivity contribution in [3.8, 4) is 5.75 Å². The van der Waals surface area contributed by atoms with Crippen LogP contribution in [0, 0.1) is 6.92 Å². The molecule has 0 aliphatic carbocycles. The van der Waals surface area contributed by atoms with Crippen LogP contribution in [-0.4, -0.2) is 15.1 Å². The molecule has 0 spiro atoms. The molecule has 4 heteroatoms. The fraction of sp³-hybridized carbons (Fsp3) is 0.471. The normalized spacial score (nSPS) is 11.7. The highest BCUT2D eigenvalue weighted by Gasteiger charge is 2.13. The number of nitrogens with one attached hydrogen (secondary N) is 1. The van der Waals surface area contributed by atoms with Gasteiger partial charge in [0.25, 0.3) is 0 Å². The maximum Gasteiger partial charge on any atom is 0.130 e. The van der Waals surface area contributed by atoms with E-state index in [1.807, 2.05) is 17.8 Å². The van der Waals surface area contributed by atoms with Crippen LogP contribution >= 0.6 is 0 Å². The molecule has 21 heavy (non-hydrogen) atoms. The van der Waals surface area contributed by atoms with Crippen LogP contribution in [0.1, 0.15) is 37.6 Å². The third-order valence-corrected chi connectivity index (χ3v) is 3.38. The maximum atomic E-state index is 6.06. The summed E-state index contributed by atoms with van der Waals surface area (Å²) in [4.78, 5) is 4.12. The molecule has 0 aliphatic rings. The number of para-hydroxylation sites is 1. The van der Waals surface area contributed by atoms with E-state index in [0.29, 0.717) is 6.61 Å². The summed E-state index contributed by atoms with van der Waals surface area (Å²) < 4.78 is 8.04. The minimum atomic E-state index is 0.0864. The molecule has 0 unspecified atom stereocenters. The second-order valence-electron chi connectivity index (χ2n) is 6.45. The quantitative estimate of drug-likeness (QED) is 0.918. The third-order valence-electron chi connectivity index (χ3n) is 3.38. The zero-order valence-corrected chi connectivity index (χ0v) is 13.6. The molecule has 1 aromatic heterocycles. The van der Waals surface area contributed by atoms with Crippen molar-refractivity contribution in [2.45, 2.75) is 46.4 Å². The Morgan fingerprint density at radius 2 is 2.05 bits per heavy atom. The van der Waals surface area contributed by atoms with E-state index in [2.05, 4.69) is 56.2 Å². The lowest BCUT2D eigenvalue weighted by molar-refractivity contribution is 0.289. The van der Waals surface area contributed by atoms with Crippen LogP contribution in [0.3, 0.4) is 0 Å². The van der Waals surface area contributed by atoms with E-state index in [-0.39, 0.29) is 5.54 Å². The summed E-state index contributed by atoms with van der Waals surface area (Å²) in [6, 6.07) is 6.27. The highest BCUT2D eigenvalue weighted by molar-refractivity contribution is 5.40. The lowest BCUT2D eigenvalue weighted by atomic mass is 10.1. The van der Waals surface area contributed by atoms with Gasteiger partial charge in [-0.25, -0.2) is 4.98 Å². The minimum absolute atomic E-state index is 0.0864. The summed E-state index contributed by atoms with van der Waals surface area (Å²) in [5.74, 6) is 0.968. The molecular formula is C17H25N3O. The zero-order chi connectivity index (χ0) is 15.5. The second kappa shape index (κ2) is 6.31. The van der Waals surface area contributed by atoms with E-state index in [1.54, 1.807) is 6.33 Å². The van der Waals surface area contributed by atoms with Crippen molar-refractivity contribution in [2.75, 3.05) is 0 Å². The fourth-order valence-corrected chi connectivity index (χ4v) is 2.09. The van der Waals surface area contributed by atoms with Crippen molar-refractivity contribution in [2.24, 2.45) is 7.05 Å². The number of benzene rings is 1. The van der Waals surface area contributed by atoms with Gasteiger partial charge in [-0.2, -0.15) is 0 Å². The number of hydrogen-bond acceptors (Lipinski definition) is 3. The number of aryl methyl sites for hydroxylation is 2. The number of imidazole rings is 1. The van der Waals surface area contributed by atoms with Crippen molar-refractivity contribution in [1.29, 1.82) is 0 Å². The van der Waals surface area contributed by atoms with E-state index in [9.17, 15) is 0 Å². The van der Waals surface area contributed by atoms with Gasteiger partial charge in [0.15, 0.2) is 0 Å². The molecule has 0 saturated heterocycles. The summed E-state index contributed by atoms with van der Waals surface area (Å²) in [6.45, 7) is 9.91. The first-order chi connectivity index (χ1) is 9.87. The molecule has 2 aromatic rings. The van der Waals surface area contributed by atoms with Crippen molar-refractivity contribution in [3.63, 3.8) is 0 Å². The highest BCUT2D eigenvalue weighted by Crippen LogP contribution is 2.25. The van der Waals surface area contributed by atoms with Gasteiger partial charge in [-0.1, -0.05) is 18.2 Å². The Hall–Kier alpha value is -1.81. The van der Waals surface area contributed by atoms with Crippen molar-refractivity contribution >= 4 is 0 Å². The van der Waals surface area contributed by atoms with Gasteiger partial charge in [0, 0.05) is 24.7 Å². The minimum Gasteiger partial charge on any atom is -0.487 e. The molecule has 0 fully saturated rings. The van der Waals surface area contributed by atoms with Gasteiger partial charge in [0.2, 0.25) is 0 Å². The Morgan fingerprint density at radius 3 is 2.67 bits per heavy atom. The number of aromatic nitrogens is 2. The topological polar surface area (TPSA) is 39.1 Å². The number of rotatable bonds is 5. The summed E-state index contributed by atoms with van der Waals surface area (Å²) in [5.41, 5.74) is 3.49. The Morgan fingerprint density at radius 1 is 1.29 bits per heavy atom. The van der Waals surface area contributed by atoms with Gasteiger partial charge < -0.3 is 14.6 Å². The summed E-state index contributed by atoms with van der Waals surface area (Å²) in [6.07, 6.45) is 3.63. The molecule has 2 rings (SSSR count). The lowest BCUT2D eigenvalue weighted by Gasteiger charge is -2.22. The first kappa shape index (κ1) is 15.6. The Balaban J connectivity index is 2.12. The van der Waals surface area contributed by atoms with Crippen LogP contribution in [0.5, 0.6) is 5.75 Å². The predicted molar refractivity (Wildman–Crippen MR) is 85.3 cm³/mol. The largest absolute Gasteiger partial charge is 0.487 e. The fourth-order valence-electron chi connectivity index (χ4n) is 2.09. The first-order valence-corrected chi connectivity index (χ1v) is 7.28. The van der Waals surface area contributed by atoms with Crippen LogP contribution in [0.25, 0.3) is 0 Å². The number of nitrogens with zero attached hydrogens (tertiary/aromatic N) is 2. The SMILES string of the molecule is Cc1cccc(CNC(C)(C)C)c1OCc1cncn1C. The maximum absolute atomic E-state index is 6.06. The lowest BCUT2D eigenvalue weighted by Crippen LogP contribution is -2.35. The van der Waals surface area contributed by atoms with Crippen LogP contribution in [0.15, 0.2) is 30.7 Å². The Kier molecular flexibility index (Phi) is 4.68. The van der Waals surface area contributed by atoms with E-state index in [4.69, 9.17) is 4.74 Å². The van der Waals surface area contributed by atoms with E-state index >= 15 is 0 Å². The molecule has 114 valence electrons. The molecule has 0 amide bonds. The van der Waals surface area contributed by atoms with Crippen molar-refractivity contribution < 1.29 is 4.74 Å². The molecule has 0 saturated carbocycles. The van der Waals surface area contributed by atoms with E-state index in [0.717, 1.165) is 23.6 Å². The van der Waals surface area contributed by atoms with Gasteiger partial charge >= 0.3 is 0 Å². The monoisotopic (exact) mass is 287 g/mol. The molecule has 4 nitrogen and oxygen atoms in total. The summed E-state index contributed by atoms with van der Waals surface area (Å²) in [5, 5.41) is 3.51. The summed E-state index contributed by atoms with van der Waals surface area (Å²) >= 11 is 0. The Bertz CT molecular complexity index is 596. The molecule has 1 heterocycles. The van der Waals surface area contributed by atoms with Crippen LogP contribution < -0.4 is 10.1 Å². The second-order valence-corrected chi connectivity index (χ2v) is 6.45. The number of ether oxygens (including phenoxy) is 1. The third kappa shape index (κ3) is 4.33. The average molecular weight is 287 g/mol. The molecular weight excluding hydrogens is 262 g/mol. The number of hydrogen-bond donors (Lipinski definition) is 1. The first-order valence-electron chi connectivity index (χ1n) is 7.28. The average Bonchev–Trinajstić information content (AvgIpc) is 2.80. The summed E-state index contributed by atoms with van der Waals surface area (Å²) in [7, 11) is 1.98. The molecule has 0 aliphatic heterocycles. The van der Waals surface area contributed by atoms with Crippen molar-refractivity contribution in [1.82, 2.24) is 14.9 Å². The van der Waals surface area contributed by atoms with Gasteiger partial charge in [0.1, 0.15) is 12.4 Å². The van der Waals surface area contributed by atoms with Crippen LogP contribution in [0.2, 0.25) is 0 Å². The molecule has 1 aromatic carbocycles. The molecule has 1 N–H and O–H groups in total. The van der Waals surface area contributed by atoms with E-state index in [1.165, 1.54) is 5.56 Å². The van der Waals surface area contributed by atoms with Gasteiger partial charge in [0.05, 0.1) is 18.2 Å². The smallest absolute Gasteiger partial charge is 0.130 e. The zero-order valence-electron chi connectivity index (χ0n) is 13.6. The van der Waals surface area contributed by atoms with Crippen LogP contribution in [0.4, 0.5) is 0 Å². The van der Waals surface area contributed by atoms with Gasteiger partial charge in [-0.15, -0.1) is 0 Å². The predicted octanol–water partition coefficient (Wildman–Crippen LogP) is 3.20. The van der Waals surface area contributed by atoms with Crippen LogP contribution in [-0.2, 0) is 20.2 Å². The van der Waals surface area contributed by atoms with Gasteiger partial charge in [-0.3, -0.25) is 0 Å². The van der Waals surface area contributed by atoms with Crippen molar-refractivity contribution in [3.05, 3.63) is 47.5 Å². The standard InChI is InChI=1S/C17H25N3O/c1-13-7-6-8-14(9-19-17(2,3)4)16(13)21-11-15-10-18-12-20(15)5/h6-8,10,12,19H,9,11H2,1-5H3. The molecule has 0 bridgehead atoms. The molecule has 0 radical (unpaired) electrons. The van der Waals surface area contributed by atoms with Gasteiger partial charge in [-0.05, 0) is 33.3 Å². The highest BCUT2D eigenvalue weighted by atomic mass is 16.5. The Labute approximate surface area is 127 Å². The van der Waals surface area contributed by atoms with E-state index < -0.39 is 0 Å². The molecule has 0 atom stereocenters.